The molecule has 138 valence electrons. The molecule has 25 heavy (non-hydrogen) atoms. The number of anilines is 1. The zero-order chi connectivity index (χ0) is 18.2. The molecule has 0 spiro atoms. The third-order valence-corrected chi connectivity index (χ3v) is 5.68. The van der Waals surface area contributed by atoms with Crippen molar-refractivity contribution in [3.8, 4) is 5.75 Å². The van der Waals surface area contributed by atoms with Crippen molar-refractivity contribution in [3.05, 3.63) is 22.7 Å². The number of carbonyl (C=O) groups excluding carboxylic acids is 2. The van der Waals surface area contributed by atoms with Crippen LogP contribution in [0.3, 0.4) is 0 Å². The highest BCUT2D eigenvalue weighted by atomic mass is 35.5. The number of ether oxygens (including phenoxy) is 2. The summed E-state index contributed by atoms with van der Waals surface area (Å²) in [7, 11) is 2.71. The molecule has 0 aromatic heterocycles. The molecule has 2 rings (SSSR count). The molecule has 8 heteroatoms. The van der Waals surface area contributed by atoms with Gasteiger partial charge in [0.2, 0.25) is 0 Å². The summed E-state index contributed by atoms with van der Waals surface area (Å²) in [4.78, 5) is 23.7. The van der Waals surface area contributed by atoms with Crippen molar-refractivity contribution in [1.29, 1.82) is 0 Å². The Kier molecular flexibility index (Phi) is 7.71. The van der Waals surface area contributed by atoms with E-state index >= 15 is 0 Å². The first-order valence-electron chi connectivity index (χ1n) is 8.17. The van der Waals surface area contributed by atoms with Crippen molar-refractivity contribution in [2.75, 3.05) is 31.8 Å². The normalized spacial score (nSPS) is 14.2. The minimum Gasteiger partial charge on any atom is -0.496 e. The largest absolute Gasteiger partial charge is 0.496 e. The Bertz CT molecular complexity index is 621. The van der Waals surface area contributed by atoms with E-state index in [9.17, 15) is 9.59 Å². The fourth-order valence-corrected chi connectivity index (χ4v) is 4.13. The van der Waals surface area contributed by atoms with Gasteiger partial charge >= 0.3 is 12.0 Å². The fourth-order valence-electron chi connectivity index (χ4n) is 2.70. The molecule has 0 unspecified atom stereocenters. The molecular weight excluding hydrogens is 364 g/mol. The summed E-state index contributed by atoms with van der Waals surface area (Å²) in [6.45, 7) is 0.585. The average Bonchev–Trinajstić information content (AvgIpc) is 3.13. The lowest BCUT2D eigenvalue weighted by Gasteiger charge is -2.13. The highest BCUT2D eigenvalue weighted by molar-refractivity contribution is 7.99. The van der Waals surface area contributed by atoms with Crippen molar-refractivity contribution >= 4 is 41.1 Å². The number of methoxy groups -OCH3 is 2. The highest BCUT2D eigenvalue weighted by Crippen LogP contribution is 2.31. The Balaban J connectivity index is 1.87. The number of carbonyl (C=O) groups is 2. The lowest BCUT2D eigenvalue weighted by atomic mass is 10.2. The molecule has 0 aliphatic heterocycles. The molecule has 0 atom stereocenters. The maximum Gasteiger partial charge on any atom is 0.341 e. The number of urea groups is 1. The first-order valence-corrected chi connectivity index (χ1v) is 9.60. The second-order valence-electron chi connectivity index (χ2n) is 5.68. The number of esters is 1. The Morgan fingerprint density at radius 1 is 1.28 bits per heavy atom. The summed E-state index contributed by atoms with van der Waals surface area (Å²) < 4.78 is 9.85. The topological polar surface area (TPSA) is 76.7 Å². The van der Waals surface area contributed by atoms with Crippen LogP contribution in [0.25, 0.3) is 0 Å². The van der Waals surface area contributed by atoms with Crippen LogP contribution >= 0.6 is 23.4 Å². The van der Waals surface area contributed by atoms with Crippen LogP contribution in [0.15, 0.2) is 12.1 Å². The van der Waals surface area contributed by atoms with Gasteiger partial charge in [0.1, 0.15) is 11.3 Å². The molecule has 1 saturated carbocycles. The lowest BCUT2D eigenvalue weighted by Crippen LogP contribution is -2.31. The molecule has 1 aliphatic rings. The smallest absolute Gasteiger partial charge is 0.341 e. The minimum absolute atomic E-state index is 0.203. The molecule has 6 nitrogen and oxygen atoms in total. The van der Waals surface area contributed by atoms with E-state index in [4.69, 9.17) is 16.3 Å². The Morgan fingerprint density at radius 3 is 2.64 bits per heavy atom. The van der Waals surface area contributed by atoms with E-state index in [1.807, 2.05) is 11.8 Å². The molecule has 0 bridgehead atoms. The Morgan fingerprint density at radius 2 is 2.00 bits per heavy atom. The van der Waals surface area contributed by atoms with E-state index in [2.05, 4.69) is 15.4 Å². The molecule has 0 saturated heterocycles. The predicted molar refractivity (Wildman–Crippen MR) is 101 cm³/mol. The number of amides is 2. The molecule has 2 amide bonds. The maximum absolute atomic E-state index is 12.0. The summed E-state index contributed by atoms with van der Waals surface area (Å²) in [6.07, 6.45) is 5.18. The summed E-state index contributed by atoms with van der Waals surface area (Å²) >= 11 is 8.05. The van der Waals surface area contributed by atoms with Crippen LogP contribution in [-0.4, -0.2) is 43.8 Å². The summed E-state index contributed by atoms with van der Waals surface area (Å²) in [5, 5.41) is 6.44. The van der Waals surface area contributed by atoms with E-state index in [0.29, 0.717) is 12.2 Å². The van der Waals surface area contributed by atoms with Crippen molar-refractivity contribution in [3.63, 3.8) is 0 Å². The third-order valence-electron chi connectivity index (χ3n) is 3.99. The standard InChI is InChI=1S/C17H23ClN2O4S/c1-23-15-10-14(13(18)9-12(15)16(21)24-2)20-17(22)19-7-8-25-11-5-3-4-6-11/h9-11H,3-8H2,1-2H3,(H2,19,20,22). The first kappa shape index (κ1) is 19.7. The summed E-state index contributed by atoms with van der Waals surface area (Å²) in [5.41, 5.74) is 0.570. The molecule has 1 aliphatic carbocycles. The van der Waals surface area contributed by atoms with E-state index in [0.717, 1.165) is 11.0 Å². The Hall–Kier alpha value is -1.60. The molecule has 1 aromatic rings. The van der Waals surface area contributed by atoms with Gasteiger partial charge in [0.15, 0.2) is 0 Å². The van der Waals surface area contributed by atoms with Gasteiger partial charge in [-0.2, -0.15) is 11.8 Å². The monoisotopic (exact) mass is 386 g/mol. The van der Waals surface area contributed by atoms with E-state index in [-0.39, 0.29) is 22.4 Å². The van der Waals surface area contributed by atoms with Gasteiger partial charge in [0, 0.05) is 23.6 Å². The number of thioether (sulfide) groups is 1. The second kappa shape index (κ2) is 9.77. The zero-order valence-electron chi connectivity index (χ0n) is 14.4. The maximum atomic E-state index is 12.0. The van der Waals surface area contributed by atoms with Crippen LogP contribution < -0.4 is 15.4 Å². The molecular formula is C17H23ClN2O4S. The SMILES string of the molecule is COC(=O)c1cc(Cl)c(NC(=O)NCCSC2CCCC2)cc1OC. The molecule has 1 fully saturated rings. The van der Waals surface area contributed by atoms with E-state index in [1.54, 1.807) is 0 Å². The number of hydrogen-bond acceptors (Lipinski definition) is 5. The molecule has 2 N–H and O–H groups in total. The number of nitrogens with one attached hydrogen (secondary N) is 2. The number of rotatable bonds is 7. The van der Waals surface area contributed by atoms with Crippen LogP contribution in [0.1, 0.15) is 36.0 Å². The van der Waals surface area contributed by atoms with Crippen molar-refractivity contribution in [2.45, 2.75) is 30.9 Å². The fraction of sp³-hybridized carbons (Fsp3) is 0.529. The molecule has 1 aromatic carbocycles. The van der Waals surface area contributed by atoms with Crippen LogP contribution in [0, 0.1) is 0 Å². The molecule has 0 heterocycles. The van der Waals surface area contributed by atoms with Gasteiger partial charge in [0.25, 0.3) is 0 Å². The van der Waals surface area contributed by atoms with Crippen molar-refractivity contribution in [2.24, 2.45) is 0 Å². The average molecular weight is 387 g/mol. The zero-order valence-corrected chi connectivity index (χ0v) is 16.0. The lowest BCUT2D eigenvalue weighted by molar-refractivity contribution is 0.0597. The quantitative estimate of drug-likeness (QED) is 0.548. The number of halogens is 1. The van der Waals surface area contributed by atoms with Gasteiger partial charge in [-0.25, -0.2) is 9.59 Å². The van der Waals surface area contributed by atoms with Crippen LogP contribution in [-0.2, 0) is 4.74 Å². The summed E-state index contributed by atoms with van der Waals surface area (Å²) in [5.74, 6) is 0.609. The predicted octanol–water partition coefficient (Wildman–Crippen LogP) is 3.93. The van der Waals surface area contributed by atoms with Gasteiger partial charge < -0.3 is 20.1 Å². The van der Waals surface area contributed by atoms with E-state index in [1.165, 1.54) is 52.0 Å². The third kappa shape index (κ3) is 5.71. The van der Waals surface area contributed by atoms with Crippen LogP contribution in [0.2, 0.25) is 5.02 Å². The molecule has 0 radical (unpaired) electrons. The minimum atomic E-state index is -0.557. The number of hydrogen-bond donors (Lipinski definition) is 2. The highest BCUT2D eigenvalue weighted by Gasteiger charge is 2.18. The van der Waals surface area contributed by atoms with Crippen LogP contribution in [0.5, 0.6) is 5.75 Å². The van der Waals surface area contributed by atoms with Gasteiger partial charge in [-0.3, -0.25) is 0 Å². The van der Waals surface area contributed by atoms with Crippen molar-refractivity contribution < 1.29 is 19.1 Å². The van der Waals surface area contributed by atoms with Gasteiger partial charge in [0.05, 0.1) is 24.9 Å². The van der Waals surface area contributed by atoms with Crippen LogP contribution in [0.4, 0.5) is 10.5 Å². The summed E-state index contributed by atoms with van der Waals surface area (Å²) in [6, 6.07) is 2.57. The second-order valence-corrected chi connectivity index (χ2v) is 7.50. The van der Waals surface area contributed by atoms with Crippen molar-refractivity contribution in [1.82, 2.24) is 5.32 Å². The van der Waals surface area contributed by atoms with Gasteiger partial charge in [-0.1, -0.05) is 24.4 Å². The van der Waals surface area contributed by atoms with E-state index < -0.39 is 5.97 Å². The van der Waals surface area contributed by atoms with Gasteiger partial charge in [-0.15, -0.1) is 0 Å². The van der Waals surface area contributed by atoms with Gasteiger partial charge in [-0.05, 0) is 18.9 Å². The Labute approximate surface area is 157 Å². The number of benzene rings is 1. The first-order chi connectivity index (χ1) is 12.0.